The van der Waals surface area contributed by atoms with Crippen molar-refractivity contribution in [1.82, 2.24) is 0 Å². The van der Waals surface area contributed by atoms with Crippen molar-refractivity contribution in [2.45, 2.75) is 77.8 Å². The van der Waals surface area contributed by atoms with Crippen molar-refractivity contribution in [2.24, 2.45) is 11.8 Å². The van der Waals surface area contributed by atoms with Gasteiger partial charge in [0, 0.05) is 0 Å². The molecule has 3 atom stereocenters. The molecule has 17 heavy (non-hydrogen) atoms. The van der Waals surface area contributed by atoms with Crippen LogP contribution in [0.3, 0.4) is 0 Å². The fourth-order valence-electron chi connectivity index (χ4n) is 3.31. The minimum Gasteiger partial charge on any atom is -0.403 e. The molecule has 0 aromatic rings. The molecule has 1 aliphatic heterocycles. The minimum absolute atomic E-state index is 0.00481. The Hall–Kier alpha value is -0.0151. The third kappa shape index (κ3) is 2.55. The fourth-order valence-corrected chi connectivity index (χ4v) is 3.31. The van der Waals surface area contributed by atoms with E-state index in [9.17, 15) is 0 Å². The third-order valence-electron chi connectivity index (χ3n) is 4.87. The van der Waals surface area contributed by atoms with E-state index in [2.05, 4.69) is 41.5 Å². The Labute approximate surface area is 107 Å². The molecule has 1 saturated carbocycles. The summed E-state index contributed by atoms with van der Waals surface area (Å²) in [5.41, 5.74) is -0.358. The normalized spacial score (nSPS) is 40.6. The van der Waals surface area contributed by atoms with Crippen molar-refractivity contribution in [3.63, 3.8) is 0 Å². The van der Waals surface area contributed by atoms with E-state index in [-0.39, 0.29) is 18.3 Å². The maximum atomic E-state index is 6.18. The first-order chi connectivity index (χ1) is 7.71. The lowest BCUT2D eigenvalue weighted by atomic mass is 9.60. The quantitative estimate of drug-likeness (QED) is 0.645. The van der Waals surface area contributed by atoms with Crippen LogP contribution in [0.4, 0.5) is 0 Å². The summed E-state index contributed by atoms with van der Waals surface area (Å²) in [6, 6.07) is 0. The molecular weight excluding hydrogens is 211 g/mol. The molecule has 2 nitrogen and oxygen atoms in total. The van der Waals surface area contributed by atoms with Gasteiger partial charge in [-0.2, -0.15) is 0 Å². The van der Waals surface area contributed by atoms with Gasteiger partial charge in [-0.15, -0.1) is 0 Å². The smallest absolute Gasteiger partial charge is 0.403 e. The fraction of sp³-hybridized carbons (Fsp3) is 1.00. The summed E-state index contributed by atoms with van der Waals surface area (Å²) in [5, 5.41) is 0. The van der Waals surface area contributed by atoms with Crippen molar-refractivity contribution >= 4 is 7.12 Å². The van der Waals surface area contributed by atoms with Crippen LogP contribution < -0.4 is 0 Å². The summed E-state index contributed by atoms with van der Waals surface area (Å²) in [5.74, 6) is 2.19. The zero-order chi connectivity index (χ0) is 12.8. The van der Waals surface area contributed by atoms with Crippen molar-refractivity contribution < 1.29 is 9.31 Å². The van der Waals surface area contributed by atoms with E-state index in [1.807, 2.05) is 0 Å². The topological polar surface area (TPSA) is 18.5 Å². The Balaban J connectivity index is 2.05. The highest BCUT2D eigenvalue weighted by molar-refractivity contribution is 6.47. The highest BCUT2D eigenvalue weighted by Gasteiger charge is 2.54. The molecule has 1 heterocycles. The van der Waals surface area contributed by atoms with Gasteiger partial charge in [-0.3, -0.25) is 0 Å². The molecule has 0 N–H and O–H groups in total. The standard InChI is InChI=1S/C14H27BO2/c1-10-7-11(2)9-12(8-10)15-16-13(3,4)14(5,6)17-15/h10-12H,7-9H2,1-6H3/t10-,11+,12?. The minimum atomic E-state index is -0.179. The Morgan fingerprint density at radius 2 is 1.24 bits per heavy atom. The molecule has 1 aliphatic carbocycles. The number of rotatable bonds is 1. The summed E-state index contributed by atoms with van der Waals surface area (Å²) in [6.07, 6.45) is 3.86. The van der Waals surface area contributed by atoms with E-state index >= 15 is 0 Å². The van der Waals surface area contributed by atoms with Crippen LogP contribution in [0.15, 0.2) is 0 Å². The summed E-state index contributed by atoms with van der Waals surface area (Å²) in [6.45, 7) is 13.3. The van der Waals surface area contributed by atoms with Gasteiger partial charge in [-0.05, 0) is 64.6 Å². The molecule has 2 fully saturated rings. The first kappa shape index (κ1) is 13.4. The van der Waals surface area contributed by atoms with Gasteiger partial charge >= 0.3 is 7.12 Å². The van der Waals surface area contributed by atoms with Gasteiger partial charge < -0.3 is 9.31 Å². The Morgan fingerprint density at radius 3 is 1.65 bits per heavy atom. The lowest BCUT2D eigenvalue weighted by Gasteiger charge is -2.32. The van der Waals surface area contributed by atoms with E-state index in [0.717, 1.165) is 11.8 Å². The van der Waals surface area contributed by atoms with Gasteiger partial charge in [-0.25, -0.2) is 0 Å². The first-order valence-corrected chi connectivity index (χ1v) is 7.07. The molecule has 0 bridgehead atoms. The summed E-state index contributed by atoms with van der Waals surface area (Å²) in [4.78, 5) is 0. The second-order valence-electron chi connectivity index (χ2n) is 7.30. The van der Waals surface area contributed by atoms with Crippen molar-refractivity contribution in [2.75, 3.05) is 0 Å². The lowest BCUT2D eigenvalue weighted by Crippen LogP contribution is -2.41. The summed E-state index contributed by atoms with van der Waals surface area (Å²) >= 11 is 0. The van der Waals surface area contributed by atoms with Crippen molar-refractivity contribution in [3.05, 3.63) is 0 Å². The van der Waals surface area contributed by atoms with E-state index in [1.54, 1.807) is 0 Å². The number of hydrogen-bond donors (Lipinski definition) is 0. The predicted molar refractivity (Wildman–Crippen MR) is 72.0 cm³/mol. The van der Waals surface area contributed by atoms with Crippen LogP contribution in [-0.4, -0.2) is 18.3 Å². The molecule has 2 rings (SSSR count). The molecule has 0 radical (unpaired) electrons. The molecule has 1 saturated heterocycles. The van der Waals surface area contributed by atoms with Gasteiger partial charge in [0.2, 0.25) is 0 Å². The lowest BCUT2D eigenvalue weighted by molar-refractivity contribution is 0.00578. The zero-order valence-corrected chi connectivity index (χ0v) is 12.2. The molecular formula is C14H27BO2. The average Bonchev–Trinajstić information content (AvgIpc) is 2.34. The van der Waals surface area contributed by atoms with Crippen molar-refractivity contribution in [3.8, 4) is 0 Å². The molecule has 0 amide bonds. The van der Waals surface area contributed by atoms with Crippen molar-refractivity contribution in [1.29, 1.82) is 0 Å². The van der Waals surface area contributed by atoms with Crippen LogP contribution in [0.5, 0.6) is 0 Å². The van der Waals surface area contributed by atoms with Gasteiger partial charge in [0.15, 0.2) is 0 Å². The van der Waals surface area contributed by atoms with Gasteiger partial charge in [0.05, 0.1) is 11.2 Å². The Bertz CT molecular complexity index is 262. The summed E-state index contributed by atoms with van der Waals surface area (Å²) in [7, 11) is 0.00481. The van der Waals surface area contributed by atoms with Gasteiger partial charge in [0.25, 0.3) is 0 Å². The highest BCUT2D eigenvalue weighted by atomic mass is 16.7. The monoisotopic (exact) mass is 238 g/mol. The van der Waals surface area contributed by atoms with E-state index < -0.39 is 0 Å². The van der Waals surface area contributed by atoms with Crippen LogP contribution in [-0.2, 0) is 9.31 Å². The Kier molecular flexibility index (Phi) is 3.37. The molecule has 0 aromatic heterocycles. The van der Waals surface area contributed by atoms with Gasteiger partial charge in [0.1, 0.15) is 0 Å². The van der Waals surface area contributed by atoms with E-state index in [4.69, 9.17) is 9.31 Å². The SMILES string of the molecule is C[C@@H]1CC(B2OC(C)(C)C(C)(C)O2)C[C@H](C)C1. The van der Waals surface area contributed by atoms with E-state index in [0.29, 0.717) is 5.82 Å². The number of hydrogen-bond acceptors (Lipinski definition) is 2. The van der Waals surface area contributed by atoms with E-state index in [1.165, 1.54) is 19.3 Å². The molecule has 0 aromatic carbocycles. The highest BCUT2D eigenvalue weighted by Crippen LogP contribution is 2.46. The Morgan fingerprint density at radius 1 is 0.824 bits per heavy atom. The molecule has 2 aliphatic rings. The zero-order valence-electron chi connectivity index (χ0n) is 12.2. The summed E-state index contributed by atoms with van der Waals surface area (Å²) < 4.78 is 12.4. The van der Waals surface area contributed by atoms with Crippen LogP contribution in [0.25, 0.3) is 0 Å². The molecule has 3 heteroatoms. The molecule has 1 unspecified atom stereocenters. The van der Waals surface area contributed by atoms with Crippen LogP contribution in [0.2, 0.25) is 5.82 Å². The molecule has 98 valence electrons. The predicted octanol–water partition coefficient (Wildman–Crippen LogP) is 3.90. The average molecular weight is 238 g/mol. The largest absolute Gasteiger partial charge is 0.461 e. The third-order valence-corrected chi connectivity index (χ3v) is 4.87. The second kappa shape index (κ2) is 4.27. The van der Waals surface area contributed by atoms with Crippen LogP contribution >= 0.6 is 0 Å². The first-order valence-electron chi connectivity index (χ1n) is 7.07. The van der Waals surface area contributed by atoms with Gasteiger partial charge in [-0.1, -0.05) is 13.8 Å². The molecule has 0 spiro atoms. The van der Waals surface area contributed by atoms with Crippen LogP contribution in [0.1, 0.15) is 60.8 Å². The maximum Gasteiger partial charge on any atom is 0.461 e. The van der Waals surface area contributed by atoms with Crippen LogP contribution in [0, 0.1) is 11.8 Å². The second-order valence-corrected chi connectivity index (χ2v) is 7.30. The maximum absolute atomic E-state index is 6.18.